The molecule has 166 valence electrons. The summed E-state index contributed by atoms with van der Waals surface area (Å²) in [5, 5.41) is 24.2. The second kappa shape index (κ2) is 9.72. The zero-order valence-corrected chi connectivity index (χ0v) is 18.5. The van der Waals surface area contributed by atoms with E-state index >= 15 is 0 Å². The largest absolute Gasteiger partial charge is 0.370 e. The van der Waals surface area contributed by atoms with Gasteiger partial charge in [0.25, 0.3) is 0 Å². The third kappa shape index (κ3) is 4.81. The predicted octanol–water partition coefficient (Wildman–Crippen LogP) is 4.29. The summed E-state index contributed by atoms with van der Waals surface area (Å²) >= 11 is 0. The summed E-state index contributed by atoms with van der Waals surface area (Å²) in [6, 6.07) is 23.1. The Labute approximate surface area is 193 Å². The summed E-state index contributed by atoms with van der Waals surface area (Å²) in [7, 11) is 0. The molecule has 2 aromatic carbocycles. The van der Waals surface area contributed by atoms with E-state index in [0.29, 0.717) is 23.7 Å². The quantitative estimate of drug-likeness (QED) is 0.400. The van der Waals surface area contributed by atoms with Crippen molar-refractivity contribution in [3.63, 3.8) is 0 Å². The fraction of sp³-hybridized carbons (Fsp3) is 0.269. The van der Waals surface area contributed by atoms with Gasteiger partial charge in [-0.3, -0.25) is 0 Å². The first-order chi connectivity index (χ1) is 16.3. The Morgan fingerprint density at radius 2 is 1.76 bits per heavy atom. The van der Waals surface area contributed by atoms with Gasteiger partial charge in [-0.25, -0.2) is 4.98 Å². The summed E-state index contributed by atoms with van der Waals surface area (Å²) in [6.07, 6.45) is 3.89. The highest BCUT2D eigenvalue weighted by atomic mass is 15.3. The van der Waals surface area contributed by atoms with Crippen LogP contribution in [-0.4, -0.2) is 34.2 Å². The number of benzene rings is 2. The number of nitrogens with one attached hydrogen (secondary N) is 3. The van der Waals surface area contributed by atoms with Crippen LogP contribution in [0.3, 0.4) is 0 Å². The highest BCUT2D eigenvalue weighted by molar-refractivity contribution is 5.65. The lowest BCUT2D eigenvalue weighted by atomic mass is 9.98. The number of anilines is 2. The molecular weight excluding hydrogens is 410 g/mol. The molecule has 33 heavy (non-hydrogen) atoms. The van der Waals surface area contributed by atoms with Gasteiger partial charge in [-0.05, 0) is 48.5 Å². The molecule has 1 fully saturated rings. The minimum atomic E-state index is 0.468. The van der Waals surface area contributed by atoms with E-state index in [0.717, 1.165) is 49.7 Å². The van der Waals surface area contributed by atoms with Gasteiger partial charge in [-0.1, -0.05) is 54.6 Å². The number of rotatable bonds is 7. The van der Waals surface area contributed by atoms with E-state index in [1.807, 2.05) is 12.1 Å². The average Bonchev–Trinajstić information content (AvgIpc) is 3.31. The van der Waals surface area contributed by atoms with Crippen molar-refractivity contribution in [3.05, 3.63) is 78.0 Å². The Hall–Kier alpha value is -3.89. The highest BCUT2D eigenvalue weighted by Crippen LogP contribution is 2.22. The Bertz CT molecular complexity index is 1250. The average molecular weight is 438 g/mol. The lowest BCUT2D eigenvalue weighted by molar-refractivity contribution is 0.389. The fourth-order valence-electron chi connectivity index (χ4n) is 4.23. The van der Waals surface area contributed by atoms with Crippen molar-refractivity contribution in [1.29, 1.82) is 5.26 Å². The summed E-state index contributed by atoms with van der Waals surface area (Å²) in [5.41, 5.74) is 4.60. The third-order valence-electron chi connectivity index (χ3n) is 6.16. The number of piperidine rings is 1. The summed E-state index contributed by atoms with van der Waals surface area (Å²) < 4.78 is 1.70. The fourth-order valence-corrected chi connectivity index (χ4v) is 4.23. The summed E-state index contributed by atoms with van der Waals surface area (Å²) in [6.45, 7) is 3.65. The van der Waals surface area contributed by atoms with Crippen molar-refractivity contribution in [3.8, 4) is 17.2 Å². The van der Waals surface area contributed by atoms with Crippen LogP contribution < -0.4 is 16.0 Å². The van der Waals surface area contributed by atoms with Crippen molar-refractivity contribution in [2.24, 2.45) is 5.92 Å². The van der Waals surface area contributed by atoms with Gasteiger partial charge in [-0.2, -0.15) is 14.9 Å². The van der Waals surface area contributed by atoms with E-state index in [2.05, 4.69) is 80.6 Å². The van der Waals surface area contributed by atoms with Gasteiger partial charge in [0.15, 0.2) is 5.65 Å². The molecule has 0 saturated carbocycles. The van der Waals surface area contributed by atoms with E-state index in [1.165, 1.54) is 11.1 Å². The molecular formula is C26H27N7. The monoisotopic (exact) mass is 437 g/mol. The normalized spacial score (nSPS) is 14.2. The Kier molecular flexibility index (Phi) is 6.18. The van der Waals surface area contributed by atoms with Crippen molar-refractivity contribution in [2.75, 3.05) is 30.3 Å². The number of hydrogen-bond acceptors (Lipinski definition) is 6. The van der Waals surface area contributed by atoms with Crippen LogP contribution in [0.4, 0.5) is 11.6 Å². The molecule has 4 aromatic rings. The number of hydrogen-bond donors (Lipinski definition) is 3. The first kappa shape index (κ1) is 21.0. The third-order valence-corrected chi connectivity index (χ3v) is 6.16. The molecule has 1 saturated heterocycles. The zero-order chi connectivity index (χ0) is 22.5. The molecule has 0 radical (unpaired) electrons. The molecule has 0 unspecified atom stereocenters. The Morgan fingerprint density at radius 3 is 2.52 bits per heavy atom. The van der Waals surface area contributed by atoms with Gasteiger partial charge < -0.3 is 16.0 Å². The Morgan fingerprint density at radius 1 is 1.00 bits per heavy atom. The zero-order valence-electron chi connectivity index (χ0n) is 18.5. The van der Waals surface area contributed by atoms with E-state index < -0.39 is 0 Å². The van der Waals surface area contributed by atoms with Crippen LogP contribution in [0.2, 0.25) is 0 Å². The molecule has 2 aromatic heterocycles. The molecule has 1 aliphatic heterocycles. The van der Waals surface area contributed by atoms with E-state index in [9.17, 15) is 5.26 Å². The molecule has 0 aliphatic carbocycles. The van der Waals surface area contributed by atoms with Crippen LogP contribution >= 0.6 is 0 Å². The molecule has 0 amide bonds. The van der Waals surface area contributed by atoms with Crippen molar-refractivity contribution < 1.29 is 0 Å². The standard InChI is InChI=1S/C26H27N7/c27-15-23-18-31-33-25(14-24(32-26(23)33)29-16-20-10-12-28-13-11-20)30-17-19-6-8-22(9-7-19)21-4-2-1-3-5-21/h1-9,14,18,20,28,30H,10-13,16-17H2,(H,29,32). The summed E-state index contributed by atoms with van der Waals surface area (Å²) in [5.74, 6) is 2.20. The van der Waals surface area contributed by atoms with Gasteiger partial charge in [0.1, 0.15) is 23.3 Å². The van der Waals surface area contributed by atoms with Gasteiger partial charge in [0.2, 0.25) is 0 Å². The maximum absolute atomic E-state index is 9.48. The molecule has 1 aliphatic rings. The molecule has 7 heteroatoms. The van der Waals surface area contributed by atoms with Crippen LogP contribution in [0.5, 0.6) is 0 Å². The minimum absolute atomic E-state index is 0.468. The lowest BCUT2D eigenvalue weighted by Crippen LogP contribution is -2.31. The van der Waals surface area contributed by atoms with Gasteiger partial charge in [0.05, 0.1) is 6.20 Å². The van der Waals surface area contributed by atoms with Crippen molar-refractivity contribution in [1.82, 2.24) is 19.9 Å². The molecule has 7 nitrogen and oxygen atoms in total. The van der Waals surface area contributed by atoms with E-state index in [1.54, 1.807) is 10.7 Å². The SMILES string of the molecule is N#Cc1cnn2c(NCc3ccc(-c4ccccc4)cc3)cc(NCC3CCNCC3)nc12. The smallest absolute Gasteiger partial charge is 0.177 e. The van der Waals surface area contributed by atoms with Crippen LogP contribution in [0, 0.1) is 17.2 Å². The maximum Gasteiger partial charge on any atom is 0.177 e. The maximum atomic E-state index is 9.48. The number of nitriles is 1. The molecule has 0 atom stereocenters. The Balaban J connectivity index is 1.33. The lowest BCUT2D eigenvalue weighted by Gasteiger charge is -2.23. The highest BCUT2D eigenvalue weighted by Gasteiger charge is 2.15. The van der Waals surface area contributed by atoms with Gasteiger partial charge in [0, 0.05) is 19.2 Å². The second-order valence-corrected chi connectivity index (χ2v) is 8.42. The van der Waals surface area contributed by atoms with E-state index in [-0.39, 0.29) is 0 Å². The topological polar surface area (TPSA) is 90.1 Å². The molecule has 3 heterocycles. The van der Waals surface area contributed by atoms with Crippen LogP contribution in [-0.2, 0) is 6.54 Å². The summed E-state index contributed by atoms with van der Waals surface area (Å²) in [4.78, 5) is 4.66. The predicted molar refractivity (Wildman–Crippen MR) is 131 cm³/mol. The van der Waals surface area contributed by atoms with Crippen LogP contribution in [0.25, 0.3) is 16.8 Å². The van der Waals surface area contributed by atoms with Crippen molar-refractivity contribution in [2.45, 2.75) is 19.4 Å². The van der Waals surface area contributed by atoms with Crippen molar-refractivity contribution >= 4 is 17.3 Å². The molecule has 0 spiro atoms. The molecule has 3 N–H and O–H groups in total. The van der Waals surface area contributed by atoms with Gasteiger partial charge >= 0.3 is 0 Å². The number of nitrogens with zero attached hydrogens (tertiary/aromatic N) is 4. The number of aromatic nitrogens is 3. The van der Waals surface area contributed by atoms with Crippen LogP contribution in [0.1, 0.15) is 24.0 Å². The first-order valence-electron chi connectivity index (χ1n) is 11.4. The molecule has 0 bridgehead atoms. The van der Waals surface area contributed by atoms with Gasteiger partial charge in [-0.15, -0.1) is 0 Å². The van der Waals surface area contributed by atoms with E-state index in [4.69, 9.17) is 0 Å². The second-order valence-electron chi connectivity index (χ2n) is 8.42. The first-order valence-corrected chi connectivity index (χ1v) is 11.4. The number of fused-ring (bicyclic) bond motifs is 1. The van der Waals surface area contributed by atoms with Crippen LogP contribution in [0.15, 0.2) is 66.9 Å². The minimum Gasteiger partial charge on any atom is -0.370 e. The molecule has 5 rings (SSSR count).